The molecule has 1 aliphatic rings. The van der Waals surface area contributed by atoms with Gasteiger partial charge in [0.25, 0.3) is 0 Å². The zero-order chi connectivity index (χ0) is 19.1. The molecule has 0 N–H and O–H groups in total. The summed E-state index contributed by atoms with van der Waals surface area (Å²) in [4.78, 5) is 11.2. The lowest BCUT2D eigenvalue weighted by atomic mass is 10.1. The Morgan fingerprint density at radius 3 is 2.67 bits per heavy atom. The van der Waals surface area contributed by atoms with Gasteiger partial charge in [-0.25, -0.2) is 9.98 Å². The third-order valence-electron chi connectivity index (χ3n) is 4.35. The maximum atomic E-state index is 9.20. The minimum Gasteiger partial charge on any atom is -0.489 e. The standard InChI is InChI=1S/C20H22N4O2S/c1-25-19-8-7-16(14-22-19)23-20(27-2)24-11-9-17(10-12-24)26-18-6-4-3-5-15(18)13-21/h3-8,14,17H,9-12H2,1-2H3/b23-20-. The Kier molecular flexibility index (Phi) is 6.55. The average Bonchev–Trinajstić information content (AvgIpc) is 2.73. The van der Waals surface area contributed by atoms with Crippen molar-refractivity contribution in [2.75, 3.05) is 26.5 Å². The predicted octanol–water partition coefficient (Wildman–Crippen LogP) is 3.86. The van der Waals surface area contributed by atoms with E-state index in [1.807, 2.05) is 36.6 Å². The van der Waals surface area contributed by atoms with Crippen LogP contribution in [0.1, 0.15) is 18.4 Å². The molecule has 0 saturated carbocycles. The van der Waals surface area contributed by atoms with Crippen LogP contribution in [-0.2, 0) is 0 Å². The minimum absolute atomic E-state index is 0.113. The molecule has 0 atom stereocenters. The third kappa shape index (κ3) is 4.92. The molecule has 1 aromatic carbocycles. The summed E-state index contributed by atoms with van der Waals surface area (Å²) >= 11 is 1.63. The van der Waals surface area contributed by atoms with E-state index in [1.54, 1.807) is 31.1 Å². The summed E-state index contributed by atoms with van der Waals surface area (Å²) in [5.74, 6) is 1.25. The van der Waals surface area contributed by atoms with Gasteiger partial charge in [-0.3, -0.25) is 0 Å². The number of benzene rings is 1. The smallest absolute Gasteiger partial charge is 0.213 e. The van der Waals surface area contributed by atoms with Crippen molar-refractivity contribution < 1.29 is 9.47 Å². The SMILES string of the molecule is COc1ccc(/N=C(\SC)N2CCC(Oc3ccccc3C#N)CC2)cn1. The van der Waals surface area contributed by atoms with E-state index in [0.717, 1.165) is 36.8 Å². The maximum Gasteiger partial charge on any atom is 0.213 e. The van der Waals surface area contributed by atoms with E-state index in [-0.39, 0.29) is 6.10 Å². The lowest BCUT2D eigenvalue weighted by molar-refractivity contribution is 0.132. The van der Waals surface area contributed by atoms with Gasteiger partial charge >= 0.3 is 0 Å². The Bertz CT molecular complexity index is 825. The number of piperidine rings is 1. The molecule has 0 spiro atoms. The monoisotopic (exact) mass is 382 g/mol. The highest BCUT2D eigenvalue weighted by Crippen LogP contribution is 2.25. The molecule has 1 aliphatic heterocycles. The van der Waals surface area contributed by atoms with Crippen molar-refractivity contribution in [1.29, 1.82) is 5.26 Å². The van der Waals surface area contributed by atoms with Gasteiger partial charge in [0.1, 0.15) is 17.9 Å². The van der Waals surface area contributed by atoms with Crippen molar-refractivity contribution in [3.05, 3.63) is 48.2 Å². The number of amidine groups is 1. The van der Waals surface area contributed by atoms with E-state index in [4.69, 9.17) is 14.5 Å². The first-order valence-electron chi connectivity index (χ1n) is 8.77. The number of thioether (sulfide) groups is 1. The molecule has 7 heteroatoms. The van der Waals surface area contributed by atoms with Crippen molar-refractivity contribution in [1.82, 2.24) is 9.88 Å². The number of pyridine rings is 1. The van der Waals surface area contributed by atoms with Gasteiger partial charge in [-0.15, -0.1) is 0 Å². The van der Waals surface area contributed by atoms with E-state index in [0.29, 0.717) is 17.2 Å². The molecule has 2 heterocycles. The van der Waals surface area contributed by atoms with E-state index in [9.17, 15) is 5.26 Å². The maximum absolute atomic E-state index is 9.20. The number of ether oxygens (including phenoxy) is 2. The second-order valence-corrected chi connectivity index (χ2v) is 6.84. The zero-order valence-corrected chi connectivity index (χ0v) is 16.3. The molecule has 0 bridgehead atoms. The summed E-state index contributed by atoms with van der Waals surface area (Å²) in [6.07, 6.45) is 5.63. The highest BCUT2D eigenvalue weighted by molar-refractivity contribution is 8.13. The average molecular weight is 382 g/mol. The van der Waals surface area contributed by atoms with Crippen LogP contribution in [0.15, 0.2) is 47.6 Å². The number of hydrogen-bond acceptors (Lipinski definition) is 6. The molecule has 3 rings (SSSR count). The summed E-state index contributed by atoms with van der Waals surface area (Å²) < 4.78 is 11.1. The molecule has 1 saturated heterocycles. The number of methoxy groups -OCH3 is 1. The third-order valence-corrected chi connectivity index (χ3v) is 5.07. The van der Waals surface area contributed by atoms with Gasteiger partial charge in [0.05, 0.1) is 24.6 Å². The fourth-order valence-electron chi connectivity index (χ4n) is 2.92. The number of nitriles is 1. The van der Waals surface area contributed by atoms with Crippen molar-refractivity contribution in [2.45, 2.75) is 18.9 Å². The number of hydrogen-bond donors (Lipinski definition) is 0. The van der Waals surface area contributed by atoms with Crippen LogP contribution in [0, 0.1) is 11.3 Å². The first kappa shape index (κ1) is 19.1. The van der Waals surface area contributed by atoms with Crippen LogP contribution in [0.5, 0.6) is 11.6 Å². The number of aromatic nitrogens is 1. The van der Waals surface area contributed by atoms with Crippen LogP contribution in [0.2, 0.25) is 0 Å². The van der Waals surface area contributed by atoms with Crippen LogP contribution in [0.25, 0.3) is 0 Å². The minimum atomic E-state index is 0.113. The van der Waals surface area contributed by atoms with E-state index in [1.165, 1.54) is 0 Å². The van der Waals surface area contributed by atoms with Gasteiger partial charge in [-0.1, -0.05) is 23.9 Å². The van der Waals surface area contributed by atoms with Gasteiger partial charge in [-0.05, 0) is 24.5 Å². The zero-order valence-electron chi connectivity index (χ0n) is 15.5. The number of likely N-dealkylation sites (tertiary alicyclic amines) is 1. The van der Waals surface area contributed by atoms with Gasteiger partial charge in [-0.2, -0.15) is 5.26 Å². The topological polar surface area (TPSA) is 70.7 Å². The van der Waals surface area contributed by atoms with Crippen LogP contribution in [-0.4, -0.2) is 47.6 Å². The van der Waals surface area contributed by atoms with Crippen LogP contribution in [0.4, 0.5) is 5.69 Å². The Labute approximate surface area is 163 Å². The summed E-state index contributed by atoms with van der Waals surface area (Å²) in [5.41, 5.74) is 1.39. The van der Waals surface area contributed by atoms with Crippen molar-refractivity contribution in [3.63, 3.8) is 0 Å². The molecule has 1 fully saturated rings. The largest absolute Gasteiger partial charge is 0.489 e. The lowest BCUT2D eigenvalue weighted by Crippen LogP contribution is -2.40. The Morgan fingerprint density at radius 2 is 2.04 bits per heavy atom. The van der Waals surface area contributed by atoms with Crippen LogP contribution < -0.4 is 9.47 Å². The van der Waals surface area contributed by atoms with Crippen molar-refractivity contribution in [3.8, 4) is 17.7 Å². The number of nitrogens with zero attached hydrogens (tertiary/aromatic N) is 4. The second kappa shape index (κ2) is 9.28. The molecule has 27 heavy (non-hydrogen) atoms. The molecule has 0 amide bonds. The predicted molar refractivity (Wildman–Crippen MR) is 108 cm³/mol. The van der Waals surface area contributed by atoms with Gasteiger partial charge in [0, 0.05) is 32.0 Å². The number of para-hydroxylation sites is 1. The fraction of sp³-hybridized carbons (Fsp3) is 0.350. The summed E-state index contributed by atoms with van der Waals surface area (Å²) in [6, 6.07) is 13.3. The quantitative estimate of drug-likeness (QED) is 0.591. The molecular formula is C20H22N4O2S. The van der Waals surface area contributed by atoms with Crippen molar-refractivity contribution >= 4 is 22.6 Å². The Hall–Kier alpha value is -2.72. The molecule has 1 aromatic heterocycles. The molecule has 0 unspecified atom stereocenters. The fourth-order valence-corrected chi connectivity index (χ4v) is 3.56. The van der Waals surface area contributed by atoms with Gasteiger partial charge in [0.2, 0.25) is 5.88 Å². The number of rotatable bonds is 4. The molecule has 0 aliphatic carbocycles. The number of aliphatic imine (C=N–C) groups is 1. The first-order chi connectivity index (χ1) is 13.2. The molecular weight excluding hydrogens is 360 g/mol. The second-order valence-electron chi connectivity index (χ2n) is 6.07. The summed E-state index contributed by atoms with van der Waals surface area (Å²) in [6.45, 7) is 1.73. The Morgan fingerprint density at radius 1 is 1.26 bits per heavy atom. The van der Waals surface area contributed by atoms with Crippen LogP contribution >= 0.6 is 11.8 Å². The molecule has 6 nitrogen and oxygen atoms in total. The van der Waals surface area contributed by atoms with E-state index >= 15 is 0 Å². The molecule has 2 aromatic rings. The van der Waals surface area contributed by atoms with Gasteiger partial charge < -0.3 is 14.4 Å². The molecule has 0 radical (unpaired) electrons. The lowest BCUT2D eigenvalue weighted by Gasteiger charge is -2.33. The van der Waals surface area contributed by atoms with E-state index < -0.39 is 0 Å². The molecule has 140 valence electrons. The first-order valence-corrected chi connectivity index (χ1v) is 9.99. The highest BCUT2D eigenvalue weighted by Gasteiger charge is 2.23. The van der Waals surface area contributed by atoms with Crippen LogP contribution in [0.3, 0.4) is 0 Å². The van der Waals surface area contributed by atoms with Gasteiger partial charge in [0.15, 0.2) is 5.17 Å². The normalized spacial score (nSPS) is 15.3. The van der Waals surface area contributed by atoms with Crippen molar-refractivity contribution in [2.24, 2.45) is 4.99 Å². The Balaban J connectivity index is 1.61. The highest BCUT2D eigenvalue weighted by atomic mass is 32.2. The summed E-state index contributed by atoms with van der Waals surface area (Å²) in [5, 5.41) is 10.2. The van der Waals surface area contributed by atoms with E-state index in [2.05, 4.69) is 16.0 Å². The summed E-state index contributed by atoms with van der Waals surface area (Å²) in [7, 11) is 1.60.